The largest absolute Gasteiger partial charge is 0.359 e. The first-order valence-electron chi connectivity index (χ1n) is 5.50. The van der Waals surface area contributed by atoms with Gasteiger partial charge in [-0.3, -0.25) is 0 Å². The van der Waals surface area contributed by atoms with E-state index < -0.39 is 0 Å². The van der Waals surface area contributed by atoms with Gasteiger partial charge in [-0.15, -0.1) is 0 Å². The SMILES string of the molecule is Cc1cc2c(F)c(-c3noc(CN)n3)ccc2[nH]1. The zero-order valence-corrected chi connectivity index (χ0v) is 9.70. The average molecular weight is 246 g/mol. The first kappa shape index (κ1) is 10.9. The predicted octanol–water partition coefficient (Wildman–Crippen LogP) is 2.12. The van der Waals surface area contributed by atoms with Crippen LogP contribution >= 0.6 is 0 Å². The third kappa shape index (κ3) is 1.58. The molecule has 18 heavy (non-hydrogen) atoms. The lowest BCUT2D eigenvalue weighted by molar-refractivity contribution is 0.380. The highest BCUT2D eigenvalue weighted by Crippen LogP contribution is 2.27. The van der Waals surface area contributed by atoms with Crippen molar-refractivity contribution in [2.45, 2.75) is 13.5 Å². The molecule has 0 saturated carbocycles. The molecule has 0 atom stereocenters. The van der Waals surface area contributed by atoms with E-state index in [-0.39, 0.29) is 24.1 Å². The molecule has 92 valence electrons. The smallest absolute Gasteiger partial charge is 0.240 e. The maximum atomic E-state index is 14.3. The molecule has 0 spiro atoms. The highest BCUT2D eigenvalue weighted by molar-refractivity contribution is 5.85. The maximum Gasteiger partial charge on any atom is 0.240 e. The minimum absolute atomic E-state index is 0.139. The standard InChI is InChI=1S/C12H11FN4O/c1-6-4-8-9(15-6)3-2-7(11(8)13)12-16-10(5-14)18-17-12/h2-4,15H,5,14H2,1H3. The second-order valence-electron chi connectivity index (χ2n) is 4.06. The van der Waals surface area contributed by atoms with Crippen molar-refractivity contribution in [2.75, 3.05) is 0 Å². The summed E-state index contributed by atoms with van der Waals surface area (Å²) < 4.78 is 19.2. The quantitative estimate of drug-likeness (QED) is 0.725. The molecule has 0 fully saturated rings. The highest BCUT2D eigenvalue weighted by Gasteiger charge is 2.15. The molecule has 2 aromatic heterocycles. The molecule has 3 rings (SSSR count). The number of aromatic nitrogens is 3. The zero-order chi connectivity index (χ0) is 12.7. The molecule has 0 unspecified atom stereocenters. The monoisotopic (exact) mass is 246 g/mol. The molecule has 3 aromatic rings. The number of aromatic amines is 1. The Hall–Kier alpha value is -2.21. The molecule has 0 aliphatic carbocycles. The Bertz CT molecular complexity index is 716. The molecule has 0 amide bonds. The van der Waals surface area contributed by atoms with Gasteiger partial charge in [-0.05, 0) is 25.1 Å². The van der Waals surface area contributed by atoms with Crippen LogP contribution in [0.4, 0.5) is 4.39 Å². The van der Waals surface area contributed by atoms with Crippen LogP contribution in [0.1, 0.15) is 11.6 Å². The molecular weight excluding hydrogens is 235 g/mol. The number of benzene rings is 1. The van der Waals surface area contributed by atoms with E-state index in [1.807, 2.05) is 6.92 Å². The fourth-order valence-corrected chi connectivity index (χ4v) is 1.93. The summed E-state index contributed by atoms with van der Waals surface area (Å²) in [4.78, 5) is 7.09. The molecular formula is C12H11FN4O. The van der Waals surface area contributed by atoms with Crippen LogP contribution in [0.25, 0.3) is 22.3 Å². The van der Waals surface area contributed by atoms with Gasteiger partial charge in [0.05, 0.1) is 12.1 Å². The summed E-state index contributed by atoms with van der Waals surface area (Å²) in [6, 6.07) is 5.16. The summed E-state index contributed by atoms with van der Waals surface area (Å²) >= 11 is 0. The summed E-state index contributed by atoms with van der Waals surface area (Å²) in [5, 5.41) is 4.23. The lowest BCUT2D eigenvalue weighted by atomic mass is 10.1. The summed E-state index contributed by atoms with van der Waals surface area (Å²) in [5.41, 5.74) is 7.33. The van der Waals surface area contributed by atoms with E-state index in [1.165, 1.54) is 0 Å². The van der Waals surface area contributed by atoms with Crippen molar-refractivity contribution in [3.63, 3.8) is 0 Å². The molecule has 0 radical (unpaired) electrons. The van der Waals surface area contributed by atoms with Crippen molar-refractivity contribution in [3.05, 3.63) is 35.6 Å². The molecule has 1 aromatic carbocycles. The van der Waals surface area contributed by atoms with Crippen molar-refractivity contribution in [2.24, 2.45) is 5.73 Å². The molecule has 3 N–H and O–H groups in total. The number of hydrogen-bond donors (Lipinski definition) is 2. The molecule has 6 heteroatoms. The molecule has 5 nitrogen and oxygen atoms in total. The number of rotatable bonds is 2. The van der Waals surface area contributed by atoms with Crippen LogP contribution in [-0.2, 0) is 6.54 Å². The van der Waals surface area contributed by atoms with E-state index in [9.17, 15) is 4.39 Å². The lowest BCUT2D eigenvalue weighted by Gasteiger charge is -1.98. The summed E-state index contributed by atoms with van der Waals surface area (Å²) in [7, 11) is 0. The van der Waals surface area contributed by atoms with E-state index >= 15 is 0 Å². The second-order valence-corrected chi connectivity index (χ2v) is 4.06. The van der Waals surface area contributed by atoms with E-state index in [1.54, 1.807) is 18.2 Å². The first-order valence-corrected chi connectivity index (χ1v) is 5.50. The lowest BCUT2D eigenvalue weighted by Crippen LogP contribution is -1.96. The van der Waals surface area contributed by atoms with Gasteiger partial charge in [0.15, 0.2) is 0 Å². The van der Waals surface area contributed by atoms with E-state index in [0.717, 1.165) is 11.2 Å². The molecule has 0 saturated heterocycles. The van der Waals surface area contributed by atoms with Gasteiger partial charge in [0, 0.05) is 16.6 Å². The second kappa shape index (κ2) is 3.92. The van der Waals surface area contributed by atoms with E-state index in [4.69, 9.17) is 10.3 Å². The Morgan fingerprint density at radius 1 is 1.44 bits per heavy atom. The van der Waals surface area contributed by atoms with Crippen LogP contribution in [0, 0.1) is 12.7 Å². The van der Waals surface area contributed by atoms with E-state index in [2.05, 4.69) is 15.1 Å². The number of hydrogen-bond acceptors (Lipinski definition) is 4. The Labute approximate surface area is 102 Å². The molecule has 2 heterocycles. The van der Waals surface area contributed by atoms with Gasteiger partial charge in [-0.1, -0.05) is 5.16 Å². The topological polar surface area (TPSA) is 80.7 Å². The van der Waals surface area contributed by atoms with Crippen LogP contribution in [0.15, 0.2) is 22.7 Å². The Morgan fingerprint density at radius 2 is 2.28 bits per heavy atom. The van der Waals surface area contributed by atoms with Gasteiger partial charge in [-0.25, -0.2) is 4.39 Å². The predicted molar refractivity (Wildman–Crippen MR) is 64.2 cm³/mol. The Balaban J connectivity index is 2.19. The van der Waals surface area contributed by atoms with Gasteiger partial charge in [0.25, 0.3) is 0 Å². The van der Waals surface area contributed by atoms with Crippen LogP contribution in [0.5, 0.6) is 0 Å². The molecule has 0 aliphatic rings. The van der Waals surface area contributed by atoms with Crippen molar-refractivity contribution in [3.8, 4) is 11.4 Å². The van der Waals surface area contributed by atoms with Crippen LogP contribution in [0.3, 0.4) is 0 Å². The van der Waals surface area contributed by atoms with Crippen LogP contribution < -0.4 is 5.73 Å². The summed E-state index contributed by atoms with van der Waals surface area (Å²) in [6.07, 6.45) is 0. The minimum atomic E-state index is -0.360. The van der Waals surface area contributed by atoms with Gasteiger partial charge >= 0.3 is 0 Å². The third-order valence-corrected chi connectivity index (χ3v) is 2.76. The summed E-state index contributed by atoms with van der Waals surface area (Å²) in [6.45, 7) is 2.01. The third-order valence-electron chi connectivity index (χ3n) is 2.76. The maximum absolute atomic E-state index is 14.3. The fraction of sp³-hybridized carbons (Fsp3) is 0.167. The van der Waals surface area contributed by atoms with Crippen molar-refractivity contribution >= 4 is 10.9 Å². The average Bonchev–Trinajstić information content (AvgIpc) is 2.95. The van der Waals surface area contributed by atoms with Gasteiger partial charge < -0.3 is 15.2 Å². The Kier molecular flexibility index (Phi) is 2.38. The van der Waals surface area contributed by atoms with Crippen molar-refractivity contribution < 1.29 is 8.91 Å². The van der Waals surface area contributed by atoms with Crippen LogP contribution in [0.2, 0.25) is 0 Å². The van der Waals surface area contributed by atoms with Crippen LogP contribution in [-0.4, -0.2) is 15.1 Å². The number of aryl methyl sites for hydroxylation is 1. The fourth-order valence-electron chi connectivity index (χ4n) is 1.93. The van der Waals surface area contributed by atoms with Gasteiger partial charge in [0.1, 0.15) is 5.82 Å². The molecule has 0 bridgehead atoms. The number of H-pyrrole nitrogens is 1. The number of halogens is 1. The first-order chi connectivity index (χ1) is 8.69. The summed E-state index contributed by atoms with van der Waals surface area (Å²) in [5.74, 6) is 0.143. The van der Waals surface area contributed by atoms with Crippen molar-refractivity contribution in [1.29, 1.82) is 0 Å². The normalized spacial score (nSPS) is 11.3. The molecule has 0 aliphatic heterocycles. The van der Waals surface area contributed by atoms with Crippen molar-refractivity contribution in [1.82, 2.24) is 15.1 Å². The van der Waals surface area contributed by atoms with Gasteiger partial charge in [-0.2, -0.15) is 4.98 Å². The zero-order valence-electron chi connectivity index (χ0n) is 9.70. The number of nitrogens with two attached hydrogens (primary N) is 1. The number of nitrogens with zero attached hydrogens (tertiary/aromatic N) is 2. The number of nitrogens with one attached hydrogen (secondary N) is 1. The Morgan fingerprint density at radius 3 is 3.00 bits per heavy atom. The number of fused-ring (bicyclic) bond motifs is 1. The van der Waals surface area contributed by atoms with E-state index in [0.29, 0.717) is 10.9 Å². The van der Waals surface area contributed by atoms with Gasteiger partial charge in [0.2, 0.25) is 11.7 Å². The highest BCUT2D eigenvalue weighted by atomic mass is 19.1. The minimum Gasteiger partial charge on any atom is -0.359 e.